The Kier molecular flexibility index (Phi) is 20.1. The number of fused-ring (bicyclic) bond motifs is 3. The van der Waals surface area contributed by atoms with Gasteiger partial charge >= 0.3 is 0 Å². The maximum Gasteiger partial charge on any atom is 0.235 e. The Hall–Kier alpha value is -3.59. The number of aryl methyl sites for hydroxylation is 1. The Morgan fingerprint density at radius 3 is 2.41 bits per heavy atom. The number of aliphatic hydroxyl groups excluding tert-OH is 5. The highest BCUT2D eigenvalue weighted by atomic mass is 33.1. The van der Waals surface area contributed by atoms with E-state index < -0.39 is 43.0 Å². The van der Waals surface area contributed by atoms with Crippen molar-refractivity contribution >= 4 is 27.5 Å². The summed E-state index contributed by atoms with van der Waals surface area (Å²) in [5.41, 5.74) is 1.88. The van der Waals surface area contributed by atoms with Gasteiger partial charge in [-0.1, -0.05) is 52.7 Å². The summed E-state index contributed by atoms with van der Waals surface area (Å²) < 4.78 is 29.3. The number of rotatable bonds is 14. The standard InChI is InChI=1S/C61H86N2O13S2/c1-36-10-15-47-40-17-20-60-31-43(14-12-41(60)33-62-32-37(16-19-61(47,60)30-36)7-5-8-44-57(51(68)26-40)48(63-59(44)71)9-6-22-72-2)76-53-27-39-11-13-42(75-35-65)28-49(66)46(23-38-24-54(73-3)58(70)55(25-38)74-4)52(69)34-77-78-56(18-21-64)45(39)29-50(53)67/h24-25,27,29,36-37,40-44,46-49,51-52,56-57,62,64-70H,6-7,9-15,17-18,20-23,26,28,30-35H2,1-4H3,(H,63,71)/t36-,37+,40-,41-,42+,43+,44-,46+,47+,48-,49-,51-,52+,56+,57+,60-,61-/m1/s1. The summed E-state index contributed by atoms with van der Waals surface area (Å²) in [5, 5.41) is 86.4. The molecule has 17 atom stereocenters. The van der Waals surface area contributed by atoms with Gasteiger partial charge in [0.2, 0.25) is 11.7 Å². The lowest BCUT2D eigenvalue weighted by Crippen LogP contribution is -2.62. The summed E-state index contributed by atoms with van der Waals surface area (Å²) in [6.07, 6.45) is 8.19. The molecule has 1 amide bonds. The van der Waals surface area contributed by atoms with E-state index in [0.29, 0.717) is 68.4 Å². The third kappa shape index (κ3) is 12.6. The van der Waals surface area contributed by atoms with Crippen LogP contribution < -0.4 is 24.8 Å². The second kappa shape index (κ2) is 26.5. The normalized spacial score (nSPS) is 37.0. The summed E-state index contributed by atoms with van der Waals surface area (Å²) >= 11 is 0. The van der Waals surface area contributed by atoms with Gasteiger partial charge in [-0.05, 0) is 173 Å². The van der Waals surface area contributed by atoms with Crippen molar-refractivity contribution in [2.24, 2.45) is 58.2 Å². The Labute approximate surface area is 469 Å². The number of hydrogen-bond acceptors (Lipinski definition) is 16. The first-order chi connectivity index (χ1) is 37.7. The van der Waals surface area contributed by atoms with Crippen LogP contribution in [0.15, 0.2) is 24.3 Å². The molecule has 2 aromatic rings. The fourth-order valence-electron chi connectivity index (χ4n) is 15.6. The van der Waals surface area contributed by atoms with Crippen LogP contribution >= 0.6 is 21.6 Å². The van der Waals surface area contributed by atoms with Gasteiger partial charge in [-0.15, -0.1) is 5.92 Å². The molecule has 9 N–H and O–H groups in total. The molecule has 15 nitrogen and oxygen atoms in total. The largest absolute Gasteiger partial charge is 0.504 e. The maximum atomic E-state index is 13.6. The smallest absolute Gasteiger partial charge is 0.235 e. The molecule has 7 aliphatic rings. The SMILES string of the molecule is COCCC[C@H]1NC(=O)[C@@H]2C#CC[C@H]3C#C[C@@]45C[C@H](C)CC[C@H]4[C@H](CC[C@]54C[C@@H](Oc5cc6c(cc5O)[C@H](CCO)SSC[C@H](O)[C@@H](Cc5cc(OC)c(O)c(OC)c5)[C@H](O)C[C@@H](OCO)CC6)CC[C@@H]4CNC3)C[C@@H](O)[C@H]12. The Bertz CT molecular complexity index is 2470. The highest BCUT2D eigenvalue weighted by Crippen LogP contribution is 2.69. The summed E-state index contributed by atoms with van der Waals surface area (Å²) in [5.74, 6) is 15.4. The van der Waals surface area contributed by atoms with Gasteiger partial charge in [-0.25, -0.2) is 0 Å². The number of carbonyl (C=O) groups excluding carboxylic acids is 1. The average molecular weight is 1120 g/mol. The third-order valence-corrected chi connectivity index (χ3v) is 22.2. The zero-order chi connectivity index (χ0) is 55.1. The number of methoxy groups -OCH3 is 3. The molecule has 0 aromatic heterocycles. The summed E-state index contributed by atoms with van der Waals surface area (Å²) in [6.45, 7) is 3.86. The minimum atomic E-state index is -1.05. The number of aliphatic hydroxyl groups is 5. The molecule has 0 radical (unpaired) electrons. The van der Waals surface area contributed by atoms with E-state index in [1.807, 2.05) is 6.07 Å². The van der Waals surface area contributed by atoms with Crippen molar-refractivity contribution in [1.29, 1.82) is 0 Å². The zero-order valence-corrected chi connectivity index (χ0v) is 47.8. The maximum absolute atomic E-state index is 13.6. The number of phenols is 2. The molecule has 430 valence electrons. The van der Waals surface area contributed by atoms with Crippen molar-refractivity contribution in [2.45, 2.75) is 158 Å². The molecule has 3 aliphatic heterocycles. The first-order valence-corrected chi connectivity index (χ1v) is 31.3. The summed E-state index contributed by atoms with van der Waals surface area (Å²) in [4.78, 5) is 13.6. The molecule has 3 saturated carbocycles. The number of phenolic OH excluding ortho intramolecular Hbond substituents is 2. The predicted molar refractivity (Wildman–Crippen MR) is 301 cm³/mol. The molecule has 9 rings (SSSR count). The van der Waals surface area contributed by atoms with Crippen LogP contribution in [0.2, 0.25) is 0 Å². The molecule has 4 fully saturated rings. The Morgan fingerprint density at radius 2 is 1.65 bits per heavy atom. The van der Waals surface area contributed by atoms with Gasteiger partial charge in [0.1, 0.15) is 12.7 Å². The number of amides is 1. The lowest BCUT2D eigenvalue weighted by Gasteiger charge is -2.65. The van der Waals surface area contributed by atoms with Gasteiger partial charge in [0.15, 0.2) is 23.0 Å². The van der Waals surface area contributed by atoms with E-state index in [0.717, 1.165) is 81.9 Å². The topological polar surface area (TPSA) is 229 Å². The van der Waals surface area contributed by atoms with Gasteiger partial charge in [0.25, 0.3) is 0 Å². The molecule has 17 heteroatoms. The minimum absolute atomic E-state index is 0.0177. The van der Waals surface area contributed by atoms with E-state index in [1.165, 1.54) is 35.8 Å². The highest BCUT2D eigenvalue weighted by Gasteiger charge is 2.65. The predicted octanol–water partition coefficient (Wildman–Crippen LogP) is 7.08. The fraction of sp³-hybridized carbons (Fsp3) is 0.721. The zero-order valence-electron chi connectivity index (χ0n) is 46.1. The number of aromatic hydroxyl groups is 2. The van der Waals surface area contributed by atoms with Crippen LogP contribution in [0.25, 0.3) is 0 Å². The van der Waals surface area contributed by atoms with Gasteiger partial charge in [-0.2, -0.15) is 0 Å². The van der Waals surface area contributed by atoms with Crippen LogP contribution in [0, 0.1) is 81.9 Å². The van der Waals surface area contributed by atoms with E-state index in [1.54, 1.807) is 25.3 Å². The molecule has 2 spiro atoms. The minimum Gasteiger partial charge on any atom is -0.504 e. The molecular formula is C61H86N2O13S2. The van der Waals surface area contributed by atoms with Crippen molar-refractivity contribution < 1.29 is 64.2 Å². The van der Waals surface area contributed by atoms with Crippen LogP contribution in [-0.4, -0.2) is 138 Å². The van der Waals surface area contributed by atoms with E-state index in [2.05, 4.69) is 41.2 Å². The number of nitrogens with one attached hydrogen (secondary N) is 2. The van der Waals surface area contributed by atoms with Crippen molar-refractivity contribution in [1.82, 2.24) is 10.6 Å². The van der Waals surface area contributed by atoms with Crippen LogP contribution in [-0.2, 0) is 27.1 Å². The number of hydrogen-bond donors (Lipinski definition) is 9. The van der Waals surface area contributed by atoms with Crippen molar-refractivity contribution in [3.63, 3.8) is 0 Å². The first-order valence-electron chi connectivity index (χ1n) is 28.9. The Morgan fingerprint density at radius 1 is 0.846 bits per heavy atom. The van der Waals surface area contributed by atoms with Crippen molar-refractivity contribution in [2.75, 3.05) is 60.2 Å². The lowest BCUT2D eigenvalue weighted by molar-refractivity contribution is -0.161. The molecule has 3 heterocycles. The van der Waals surface area contributed by atoms with Crippen LogP contribution in [0.4, 0.5) is 0 Å². The fourth-order valence-corrected chi connectivity index (χ4v) is 18.5. The molecule has 3 bridgehead atoms. The molecule has 2 aromatic carbocycles. The third-order valence-electron chi connectivity index (χ3n) is 19.3. The van der Waals surface area contributed by atoms with E-state index in [-0.39, 0.29) is 106 Å². The lowest BCUT2D eigenvalue weighted by atomic mass is 9.38. The second-order valence-electron chi connectivity index (χ2n) is 23.8. The molecule has 4 aliphatic carbocycles. The summed E-state index contributed by atoms with van der Waals surface area (Å²) in [7, 11) is 7.54. The second-order valence-corrected chi connectivity index (χ2v) is 26.5. The van der Waals surface area contributed by atoms with Crippen LogP contribution in [0.3, 0.4) is 0 Å². The summed E-state index contributed by atoms with van der Waals surface area (Å²) in [6, 6.07) is 6.90. The molecular weight excluding hydrogens is 1030 g/mol. The highest BCUT2D eigenvalue weighted by molar-refractivity contribution is 8.76. The van der Waals surface area contributed by atoms with Crippen molar-refractivity contribution in [3.05, 3.63) is 41.0 Å². The first kappa shape index (κ1) is 59.0. The van der Waals surface area contributed by atoms with Gasteiger partial charge in [0, 0.05) is 73.5 Å². The average Bonchev–Trinajstić information content (AvgIpc) is 3.39. The van der Waals surface area contributed by atoms with Crippen LogP contribution in [0.5, 0.6) is 28.7 Å². The van der Waals surface area contributed by atoms with E-state index in [4.69, 9.17) is 23.7 Å². The van der Waals surface area contributed by atoms with Gasteiger partial charge < -0.3 is 70.1 Å². The van der Waals surface area contributed by atoms with Crippen LogP contribution in [0.1, 0.15) is 125 Å². The quantitative estimate of drug-likeness (QED) is 0.0399. The molecule has 78 heavy (non-hydrogen) atoms. The van der Waals surface area contributed by atoms with Crippen molar-refractivity contribution in [3.8, 4) is 52.4 Å². The van der Waals surface area contributed by atoms with E-state index >= 15 is 0 Å². The Balaban J connectivity index is 1.01. The molecule has 1 saturated heterocycles. The number of ether oxygens (including phenoxy) is 5. The van der Waals surface area contributed by atoms with Gasteiger partial charge in [0.05, 0.1) is 44.7 Å². The van der Waals surface area contributed by atoms with Gasteiger partial charge in [-0.3, -0.25) is 4.79 Å². The monoisotopic (exact) mass is 1120 g/mol. The number of benzene rings is 2. The molecule has 0 unspecified atom stereocenters. The number of carbonyl (C=O) groups is 1. The van der Waals surface area contributed by atoms with E-state index in [9.17, 15) is 40.5 Å².